The molecule has 0 aromatic carbocycles. The van der Waals surface area contributed by atoms with E-state index in [1.54, 1.807) is 13.0 Å². The topological polar surface area (TPSA) is 104 Å². The predicted octanol–water partition coefficient (Wildman–Crippen LogP) is 0.602. The Morgan fingerprint density at radius 1 is 1.48 bits per heavy atom. The van der Waals surface area contributed by atoms with E-state index in [1.807, 2.05) is 4.90 Å². The molecule has 2 aromatic heterocycles. The van der Waals surface area contributed by atoms with Crippen LogP contribution in [-0.4, -0.2) is 51.5 Å². The standard InChI is InChI=1S/C16H20FN5O3/c1-11-13(21-25-20-11)7-15(23)19-9-16(24)5-2-6-22(10-16)14-4-3-12(17)8-18-14/h3-4,8,24H,2,5-7,9-10H2,1H3,(H,19,23). The van der Waals surface area contributed by atoms with Crippen LogP contribution in [-0.2, 0) is 11.2 Å². The van der Waals surface area contributed by atoms with Crippen LogP contribution in [0.4, 0.5) is 10.2 Å². The van der Waals surface area contributed by atoms with Crippen molar-refractivity contribution in [2.75, 3.05) is 24.5 Å². The van der Waals surface area contributed by atoms with Crippen LogP contribution in [0.15, 0.2) is 23.0 Å². The van der Waals surface area contributed by atoms with Crippen LogP contribution in [0.25, 0.3) is 0 Å². The SMILES string of the molecule is Cc1nonc1CC(=O)NCC1(O)CCCN(c2ccc(F)cn2)C1. The average molecular weight is 349 g/mol. The number of aliphatic hydroxyl groups is 1. The van der Waals surface area contributed by atoms with Crippen LogP contribution in [0.3, 0.4) is 0 Å². The van der Waals surface area contributed by atoms with Gasteiger partial charge in [-0.3, -0.25) is 4.79 Å². The summed E-state index contributed by atoms with van der Waals surface area (Å²) < 4.78 is 17.6. The molecule has 1 saturated heterocycles. The second-order valence-electron chi connectivity index (χ2n) is 6.33. The van der Waals surface area contributed by atoms with E-state index in [4.69, 9.17) is 0 Å². The molecular weight excluding hydrogens is 329 g/mol. The Morgan fingerprint density at radius 2 is 2.32 bits per heavy atom. The zero-order valence-electron chi connectivity index (χ0n) is 13.9. The Bertz CT molecular complexity index is 736. The molecule has 1 unspecified atom stereocenters. The average Bonchev–Trinajstić information content (AvgIpc) is 2.99. The van der Waals surface area contributed by atoms with E-state index in [-0.39, 0.29) is 18.9 Å². The molecule has 0 saturated carbocycles. The molecular formula is C16H20FN5O3. The summed E-state index contributed by atoms with van der Waals surface area (Å²) in [5, 5.41) is 20.8. The van der Waals surface area contributed by atoms with Crippen molar-refractivity contribution in [1.82, 2.24) is 20.6 Å². The number of hydrogen-bond acceptors (Lipinski definition) is 7. The molecule has 25 heavy (non-hydrogen) atoms. The summed E-state index contributed by atoms with van der Waals surface area (Å²) in [5.74, 6) is -0.0553. The molecule has 0 radical (unpaired) electrons. The van der Waals surface area contributed by atoms with Gasteiger partial charge < -0.3 is 15.3 Å². The molecule has 1 amide bonds. The van der Waals surface area contributed by atoms with Gasteiger partial charge in [0.25, 0.3) is 0 Å². The second-order valence-corrected chi connectivity index (χ2v) is 6.33. The lowest BCUT2D eigenvalue weighted by molar-refractivity contribution is -0.121. The molecule has 0 bridgehead atoms. The van der Waals surface area contributed by atoms with Gasteiger partial charge in [0.05, 0.1) is 18.2 Å². The van der Waals surface area contributed by atoms with Gasteiger partial charge in [0.2, 0.25) is 5.91 Å². The summed E-state index contributed by atoms with van der Waals surface area (Å²) in [6.07, 6.45) is 2.51. The summed E-state index contributed by atoms with van der Waals surface area (Å²) >= 11 is 0. The third-order valence-corrected chi connectivity index (χ3v) is 4.28. The molecule has 3 heterocycles. The van der Waals surface area contributed by atoms with Crippen molar-refractivity contribution in [2.24, 2.45) is 0 Å². The first-order valence-corrected chi connectivity index (χ1v) is 8.09. The number of nitrogens with zero attached hydrogens (tertiary/aromatic N) is 4. The zero-order chi connectivity index (χ0) is 17.9. The number of hydrogen-bond donors (Lipinski definition) is 2. The number of halogens is 1. The number of amides is 1. The molecule has 134 valence electrons. The predicted molar refractivity (Wildman–Crippen MR) is 86.3 cm³/mol. The number of carbonyl (C=O) groups excluding carboxylic acids is 1. The Hall–Kier alpha value is -2.55. The van der Waals surface area contributed by atoms with E-state index < -0.39 is 11.4 Å². The van der Waals surface area contributed by atoms with Gasteiger partial charge in [0.1, 0.15) is 23.0 Å². The lowest BCUT2D eigenvalue weighted by atomic mass is 9.92. The molecule has 1 fully saturated rings. The minimum atomic E-state index is -1.07. The number of rotatable bonds is 5. The molecule has 2 N–H and O–H groups in total. The number of pyridine rings is 1. The molecule has 0 spiro atoms. The number of aryl methyl sites for hydroxylation is 1. The number of aromatic nitrogens is 3. The van der Waals surface area contributed by atoms with Crippen molar-refractivity contribution in [3.05, 3.63) is 35.5 Å². The van der Waals surface area contributed by atoms with Gasteiger partial charge in [-0.2, -0.15) is 0 Å². The molecule has 1 atom stereocenters. The van der Waals surface area contributed by atoms with E-state index in [1.165, 1.54) is 6.07 Å². The molecule has 0 aliphatic carbocycles. The van der Waals surface area contributed by atoms with E-state index in [0.717, 1.165) is 19.2 Å². The van der Waals surface area contributed by atoms with Gasteiger partial charge in [-0.1, -0.05) is 10.3 Å². The second kappa shape index (κ2) is 7.14. The fourth-order valence-electron chi connectivity index (χ4n) is 2.89. The van der Waals surface area contributed by atoms with Crippen molar-refractivity contribution < 1.29 is 18.9 Å². The smallest absolute Gasteiger partial charge is 0.226 e. The van der Waals surface area contributed by atoms with E-state index >= 15 is 0 Å². The van der Waals surface area contributed by atoms with Gasteiger partial charge in [0.15, 0.2) is 0 Å². The maximum Gasteiger partial charge on any atom is 0.226 e. The maximum absolute atomic E-state index is 13.0. The van der Waals surface area contributed by atoms with Gasteiger partial charge in [-0.15, -0.1) is 0 Å². The van der Waals surface area contributed by atoms with E-state index in [9.17, 15) is 14.3 Å². The Labute approximate surface area is 144 Å². The van der Waals surface area contributed by atoms with Crippen LogP contribution in [0, 0.1) is 12.7 Å². The summed E-state index contributed by atoms with van der Waals surface area (Å²) in [4.78, 5) is 18.0. The number of nitrogens with one attached hydrogen (secondary N) is 1. The molecule has 9 heteroatoms. The molecule has 1 aliphatic heterocycles. The lowest BCUT2D eigenvalue weighted by Gasteiger charge is -2.39. The maximum atomic E-state index is 13.0. The summed E-state index contributed by atoms with van der Waals surface area (Å²) in [6, 6.07) is 2.92. The monoisotopic (exact) mass is 349 g/mol. The highest BCUT2D eigenvalue weighted by atomic mass is 19.1. The van der Waals surface area contributed by atoms with Crippen molar-refractivity contribution in [3.8, 4) is 0 Å². The summed E-state index contributed by atoms with van der Waals surface area (Å²) in [6.45, 7) is 2.87. The molecule has 3 rings (SSSR count). The third kappa shape index (κ3) is 4.30. The highest BCUT2D eigenvalue weighted by molar-refractivity contribution is 5.78. The van der Waals surface area contributed by atoms with Crippen LogP contribution in [0.1, 0.15) is 24.2 Å². The number of β-amino-alcohol motifs (C(OH)–C–C–N with tert-alkyl or cyclic N) is 1. The molecule has 2 aromatic rings. The molecule has 8 nitrogen and oxygen atoms in total. The van der Waals surface area contributed by atoms with Gasteiger partial charge in [0, 0.05) is 19.6 Å². The van der Waals surface area contributed by atoms with E-state index in [2.05, 4.69) is 25.2 Å². The highest BCUT2D eigenvalue weighted by Crippen LogP contribution is 2.24. The summed E-state index contributed by atoms with van der Waals surface area (Å²) in [5.41, 5.74) is -0.0217. The minimum Gasteiger partial charge on any atom is -0.386 e. The lowest BCUT2D eigenvalue weighted by Crippen LogP contribution is -2.54. The van der Waals surface area contributed by atoms with Crippen LogP contribution in [0.2, 0.25) is 0 Å². The largest absolute Gasteiger partial charge is 0.386 e. The first-order chi connectivity index (χ1) is 12.0. The summed E-state index contributed by atoms with van der Waals surface area (Å²) in [7, 11) is 0. The Balaban J connectivity index is 1.56. The Kier molecular flexibility index (Phi) is 4.93. The van der Waals surface area contributed by atoms with Gasteiger partial charge >= 0.3 is 0 Å². The number of piperidine rings is 1. The van der Waals surface area contributed by atoms with E-state index in [0.29, 0.717) is 30.2 Å². The van der Waals surface area contributed by atoms with Crippen molar-refractivity contribution in [2.45, 2.75) is 31.8 Å². The first kappa shape index (κ1) is 17.3. The molecule has 1 aliphatic rings. The first-order valence-electron chi connectivity index (χ1n) is 8.09. The highest BCUT2D eigenvalue weighted by Gasteiger charge is 2.34. The third-order valence-electron chi connectivity index (χ3n) is 4.28. The fourth-order valence-corrected chi connectivity index (χ4v) is 2.89. The normalized spacial score (nSPS) is 20.5. The van der Waals surface area contributed by atoms with Crippen molar-refractivity contribution >= 4 is 11.7 Å². The van der Waals surface area contributed by atoms with Gasteiger partial charge in [-0.05, 0) is 31.9 Å². The quantitative estimate of drug-likeness (QED) is 0.814. The Morgan fingerprint density at radius 3 is 3.00 bits per heavy atom. The van der Waals surface area contributed by atoms with Crippen molar-refractivity contribution in [1.29, 1.82) is 0 Å². The van der Waals surface area contributed by atoms with Gasteiger partial charge in [-0.25, -0.2) is 14.0 Å². The van der Waals surface area contributed by atoms with Crippen LogP contribution < -0.4 is 10.2 Å². The minimum absolute atomic E-state index is 0.0502. The number of anilines is 1. The zero-order valence-corrected chi connectivity index (χ0v) is 13.9. The van der Waals surface area contributed by atoms with Crippen LogP contribution in [0.5, 0.6) is 0 Å². The van der Waals surface area contributed by atoms with Crippen LogP contribution >= 0.6 is 0 Å². The van der Waals surface area contributed by atoms with Crippen molar-refractivity contribution in [3.63, 3.8) is 0 Å². The fraction of sp³-hybridized carbons (Fsp3) is 0.500. The number of carbonyl (C=O) groups is 1.